The molecule has 12 aromatic carbocycles. The van der Waals surface area contributed by atoms with Crippen molar-refractivity contribution in [3.63, 3.8) is 0 Å². The van der Waals surface area contributed by atoms with Crippen molar-refractivity contribution in [1.29, 1.82) is 0 Å². The van der Waals surface area contributed by atoms with Crippen LogP contribution in [0.1, 0.15) is 0 Å². The zero-order chi connectivity index (χ0) is 48.2. The highest BCUT2D eigenvalue weighted by atomic mass is 16.3. The van der Waals surface area contributed by atoms with Crippen molar-refractivity contribution in [2.45, 2.75) is 0 Å². The Bertz CT molecular complexity index is 4280. The van der Waals surface area contributed by atoms with Crippen molar-refractivity contribution < 1.29 is 4.42 Å². The Morgan fingerprint density at radius 2 is 0.726 bits per heavy atom. The summed E-state index contributed by atoms with van der Waals surface area (Å²) >= 11 is 0. The lowest BCUT2D eigenvalue weighted by Crippen LogP contribution is -2.15. The van der Waals surface area contributed by atoms with E-state index >= 15 is 0 Å². The maximum Gasteiger partial charge on any atom is 0.143 e. The summed E-state index contributed by atoms with van der Waals surface area (Å²) in [5, 5.41) is 9.20. The molecule has 0 spiro atoms. The summed E-state index contributed by atoms with van der Waals surface area (Å²) in [4.78, 5) is 7.20. The van der Waals surface area contributed by atoms with E-state index < -0.39 is 0 Å². The molecule has 344 valence electrons. The van der Waals surface area contributed by atoms with Gasteiger partial charge in [0.05, 0.1) is 22.4 Å². The molecule has 0 saturated carbocycles. The minimum atomic E-state index is 0.885. The van der Waals surface area contributed by atoms with Crippen LogP contribution in [0.3, 0.4) is 0 Å². The van der Waals surface area contributed by atoms with Crippen LogP contribution in [0.15, 0.2) is 283 Å². The Labute approximate surface area is 422 Å². The van der Waals surface area contributed by atoms with Crippen LogP contribution in [0.4, 0.5) is 51.2 Å². The van der Waals surface area contributed by atoms with Gasteiger partial charge in [0, 0.05) is 72.4 Å². The molecule has 0 unspecified atom stereocenters. The molecular weight excluding hydrogens is 889 g/mol. The highest BCUT2D eigenvalue weighted by molar-refractivity contribution is 6.30. The van der Waals surface area contributed by atoms with E-state index in [1.807, 2.05) is 6.07 Å². The molecule has 2 aromatic heterocycles. The zero-order valence-corrected chi connectivity index (χ0v) is 39.8. The maximum absolute atomic E-state index is 6.70. The summed E-state index contributed by atoms with van der Waals surface area (Å²) in [6, 6.07) is 100. The quantitative estimate of drug-likeness (QED) is 0.128. The molecule has 5 nitrogen and oxygen atoms in total. The van der Waals surface area contributed by atoms with Gasteiger partial charge in [0.15, 0.2) is 0 Å². The average molecular weight is 935 g/mol. The fourth-order valence-electron chi connectivity index (χ4n) is 11.2. The van der Waals surface area contributed by atoms with Gasteiger partial charge in [0.2, 0.25) is 0 Å². The van der Waals surface area contributed by atoms with Gasteiger partial charge in [-0.15, -0.1) is 0 Å². The van der Waals surface area contributed by atoms with Crippen molar-refractivity contribution in [3.8, 4) is 5.69 Å². The molecule has 0 saturated heterocycles. The molecule has 14 rings (SSSR count). The number of para-hydroxylation sites is 7. The van der Waals surface area contributed by atoms with Crippen molar-refractivity contribution in [2.75, 3.05) is 14.7 Å². The summed E-state index contributed by atoms with van der Waals surface area (Å²) in [5.74, 6) is 0. The second-order valence-electron chi connectivity index (χ2n) is 18.5. The topological polar surface area (TPSA) is 27.8 Å². The summed E-state index contributed by atoms with van der Waals surface area (Å²) in [6.45, 7) is 0. The van der Waals surface area contributed by atoms with E-state index in [0.717, 1.165) is 106 Å². The van der Waals surface area contributed by atoms with Gasteiger partial charge >= 0.3 is 0 Å². The third kappa shape index (κ3) is 7.09. The Kier molecular flexibility index (Phi) is 10.1. The number of fused-ring (bicyclic) bond motifs is 11. The van der Waals surface area contributed by atoms with Gasteiger partial charge in [-0.25, -0.2) is 0 Å². The predicted molar refractivity (Wildman–Crippen MR) is 307 cm³/mol. The van der Waals surface area contributed by atoms with Crippen LogP contribution >= 0.6 is 0 Å². The van der Waals surface area contributed by atoms with Crippen molar-refractivity contribution in [1.82, 2.24) is 4.57 Å². The van der Waals surface area contributed by atoms with Crippen LogP contribution in [0.25, 0.3) is 71.0 Å². The van der Waals surface area contributed by atoms with Crippen LogP contribution in [0.2, 0.25) is 0 Å². The van der Waals surface area contributed by atoms with E-state index in [0.29, 0.717) is 0 Å². The molecule has 0 fully saturated rings. The smallest absolute Gasteiger partial charge is 0.143 e. The van der Waals surface area contributed by atoms with Gasteiger partial charge in [-0.1, -0.05) is 164 Å². The van der Waals surface area contributed by atoms with E-state index in [4.69, 9.17) is 4.42 Å². The fraction of sp³-hybridized carbons (Fsp3) is 0. The number of benzene rings is 12. The molecule has 2 heterocycles. The van der Waals surface area contributed by atoms with Crippen LogP contribution in [-0.4, -0.2) is 4.57 Å². The number of furan rings is 1. The molecule has 0 N–H and O–H groups in total. The lowest BCUT2D eigenvalue weighted by Gasteiger charge is -2.31. The molecule has 0 radical (unpaired) electrons. The molecule has 14 aromatic rings. The van der Waals surface area contributed by atoms with E-state index in [9.17, 15) is 0 Å². The summed E-state index contributed by atoms with van der Waals surface area (Å²) < 4.78 is 9.12. The number of rotatable bonds is 10. The second-order valence-corrected chi connectivity index (χ2v) is 18.5. The molecule has 0 amide bonds. The number of anilines is 9. The normalized spacial score (nSPS) is 11.6. The molecular formula is C68H46N4O. The molecule has 5 heteroatoms. The first-order valence-corrected chi connectivity index (χ1v) is 24.8. The van der Waals surface area contributed by atoms with Gasteiger partial charge in [-0.3, -0.25) is 0 Å². The minimum Gasteiger partial charge on any atom is -0.455 e. The van der Waals surface area contributed by atoms with E-state index in [-0.39, 0.29) is 0 Å². The predicted octanol–water partition coefficient (Wildman–Crippen LogP) is 19.4. The van der Waals surface area contributed by atoms with Gasteiger partial charge < -0.3 is 23.7 Å². The summed E-state index contributed by atoms with van der Waals surface area (Å²) in [7, 11) is 0. The Morgan fingerprint density at radius 1 is 0.260 bits per heavy atom. The molecule has 73 heavy (non-hydrogen) atoms. The SMILES string of the molecule is c1ccc(N(c2cccc(N(c3ccccc3)c3cc(N(c4ccccc4)c4ccccc4)c4c5ccccc5n(-c5ccccc5)c4c3)c2)c2ccc3c4ccccc4c4oc5ccccc5c4c3c2)cc1. The van der Waals surface area contributed by atoms with Crippen LogP contribution < -0.4 is 14.7 Å². The van der Waals surface area contributed by atoms with E-state index in [2.05, 4.69) is 292 Å². The number of aromatic nitrogens is 1. The molecule has 0 bridgehead atoms. The van der Waals surface area contributed by atoms with Crippen LogP contribution in [0.5, 0.6) is 0 Å². The van der Waals surface area contributed by atoms with Gasteiger partial charge in [0.1, 0.15) is 11.2 Å². The monoisotopic (exact) mass is 934 g/mol. The first-order chi connectivity index (χ1) is 36.2. The van der Waals surface area contributed by atoms with Crippen LogP contribution in [-0.2, 0) is 0 Å². The lowest BCUT2D eigenvalue weighted by molar-refractivity contribution is 0.673. The summed E-state index contributed by atoms with van der Waals surface area (Å²) in [6.07, 6.45) is 0. The van der Waals surface area contributed by atoms with Gasteiger partial charge in [0.25, 0.3) is 0 Å². The summed E-state index contributed by atoms with van der Waals surface area (Å²) in [5.41, 5.74) is 14.5. The van der Waals surface area contributed by atoms with Gasteiger partial charge in [-0.2, -0.15) is 0 Å². The third-order valence-corrected chi connectivity index (χ3v) is 14.2. The second kappa shape index (κ2) is 17.5. The van der Waals surface area contributed by atoms with E-state index in [1.165, 1.54) is 16.2 Å². The molecule has 0 aliphatic rings. The Balaban J connectivity index is 1.03. The highest BCUT2D eigenvalue weighted by Crippen LogP contribution is 2.50. The molecule has 0 atom stereocenters. The van der Waals surface area contributed by atoms with Crippen molar-refractivity contribution in [3.05, 3.63) is 279 Å². The minimum absolute atomic E-state index is 0.885. The number of hydrogen-bond acceptors (Lipinski definition) is 4. The Hall–Kier alpha value is -9.84. The largest absolute Gasteiger partial charge is 0.455 e. The lowest BCUT2D eigenvalue weighted by atomic mass is 9.96. The van der Waals surface area contributed by atoms with Gasteiger partial charge in [-0.05, 0) is 131 Å². The molecule has 0 aliphatic heterocycles. The number of hydrogen-bond donors (Lipinski definition) is 0. The maximum atomic E-state index is 6.70. The highest BCUT2D eigenvalue weighted by Gasteiger charge is 2.26. The van der Waals surface area contributed by atoms with E-state index in [1.54, 1.807) is 0 Å². The van der Waals surface area contributed by atoms with Crippen molar-refractivity contribution in [2.24, 2.45) is 0 Å². The third-order valence-electron chi connectivity index (χ3n) is 14.2. The van der Waals surface area contributed by atoms with Crippen LogP contribution in [0, 0.1) is 0 Å². The first-order valence-electron chi connectivity index (χ1n) is 24.8. The standard InChI is InChI=1S/C68H46N4O/c1-6-23-47(24-7-1)69(54-41-42-57-56-35-16-17-36-58(56)68-66(61(57)44-54)60-38-19-21-40-65(60)73-68)52-33-22-34-53(43-52)70(48-25-8-2-9-26-48)55-45-63(71(49-27-10-3-11-28-49)50-29-12-4-13-30-50)67-59-37-18-20-39-62(59)72(64(67)46-55)51-31-14-5-15-32-51/h1-46H. The zero-order valence-electron chi connectivity index (χ0n) is 39.8. The Morgan fingerprint density at radius 3 is 1.36 bits per heavy atom. The van der Waals surface area contributed by atoms with Crippen molar-refractivity contribution >= 4 is 116 Å². The average Bonchev–Trinajstić information content (AvgIpc) is 4.03. The first kappa shape index (κ1) is 42.1. The molecule has 0 aliphatic carbocycles. The fourth-order valence-corrected chi connectivity index (χ4v) is 11.2. The number of nitrogens with zero attached hydrogens (tertiary/aromatic N) is 4.